The SMILES string of the molecule is CCNC1CC(CC(=O)O)CN(C2CCCC2)C1. The van der Waals surface area contributed by atoms with Gasteiger partial charge in [0.15, 0.2) is 0 Å². The van der Waals surface area contributed by atoms with Gasteiger partial charge in [0.05, 0.1) is 0 Å². The van der Waals surface area contributed by atoms with Gasteiger partial charge in [0, 0.05) is 31.6 Å². The lowest BCUT2D eigenvalue weighted by molar-refractivity contribution is -0.138. The molecule has 0 aromatic heterocycles. The molecule has 2 rings (SSSR count). The predicted molar refractivity (Wildman–Crippen MR) is 71.7 cm³/mol. The Morgan fingerprint density at radius 1 is 1.33 bits per heavy atom. The average Bonchev–Trinajstić information content (AvgIpc) is 2.81. The summed E-state index contributed by atoms with van der Waals surface area (Å²) in [5.41, 5.74) is 0. The van der Waals surface area contributed by atoms with Crippen LogP contribution in [-0.2, 0) is 4.79 Å². The van der Waals surface area contributed by atoms with Crippen LogP contribution in [0.3, 0.4) is 0 Å². The Morgan fingerprint density at radius 3 is 2.67 bits per heavy atom. The summed E-state index contributed by atoms with van der Waals surface area (Å²) in [5, 5.41) is 12.5. The minimum absolute atomic E-state index is 0.320. The molecule has 2 unspecified atom stereocenters. The van der Waals surface area contributed by atoms with Gasteiger partial charge in [-0.25, -0.2) is 0 Å². The smallest absolute Gasteiger partial charge is 0.303 e. The maximum absolute atomic E-state index is 10.9. The third-order valence-electron chi connectivity index (χ3n) is 4.36. The highest BCUT2D eigenvalue weighted by molar-refractivity contribution is 5.67. The van der Waals surface area contributed by atoms with Crippen LogP contribution in [0.25, 0.3) is 0 Å². The van der Waals surface area contributed by atoms with Crippen molar-refractivity contribution in [2.24, 2.45) is 5.92 Å². The van der Waals surface area contributed by atoms with Crippen LogP contribution in [0.2, 0.25) is 0 Å². The summed E-state index contributed by atoms with van der Waals surface area (Å²) < 4.78 is 0. The molecule has 2 N–H and O–H groups in total. The van der Waals surface area contributed by atoms with Gasteiger partial charge in [-0.3, -0.25) is 9.69 Å². The van der Waals surface area contributed by atoms with Crippen LogP contribution >= 0.6 is 0 Å². The number of aliphatic carboxylic acids is 1. The van der Waals surface area contributed by atoms with E-state index in [1.54, 1.807) is 0 Å². The predicted octanol–water partition coefficient (Wildman–Crippen LogP) is 1.70. The van der Waals surface area contributed by atoms with Gasteiger partial charge in [-0.2, -0.15) is 0 Å². The van der Waals surface area contributed by atoms with Crippen molar-refractivity contribution in [3.8, 4) is 0 Å². The van der Waals surface area contributed by atoms with Crippen molar-refractivity contribution in [2.45, 2.75) is 57.5 Å². The number of piperidine rings is 1. The van der Waals surface area contributed by atoms with E-state index in [0.29, 0.717) is 24.4 Å². The van der Waals surface area contributed by atoms with Crippen LogP contribution in [0, 0.1) is 5.92 Å². The number of carbonyl (C=O) groups is 1. The van der Waals surface area contributed by atoms with Gasteiger partial charge in [-0.15, -0.1) is 0 Å². The lowest BCUT2D eigenvalue weighted by atomic mass is 9.90. The van der Waals surface area contributed by atoms with E-state index in [9.17, 15) is 4.79 Å². The molecule has 18 heavy (non-hydrogen) atoms. The third-order valence-corrected chi connectivity index (χ3v) is 4.36. The molecule has 2 atom stereocenters. The molecule has 0 amide bonds. The van der Waals surface area contributed by atoms with Crippen LogP contribution in [0.4, 0.5) is 0 Å². The summed E-state index contributed by atoms with van der Waals surface area (Å²) >= 11 is 0. The number of carboxylic acid groups (broad SMARTS) is 1. The van der Waals surface area contributed by atoms with Crippen LogP contribution < -0.4 is 5.32 Å². The fourth-order valence-corrected chi connectivity index (χ4v) is 3.64. The summed E-state index contributed by atoms with van der Waals surface area (Å²) in [6, 6.07) is 1.19. The summed E-state index contributed by atoms with van der Waals surface area (Å²) in [7, 11) is 0. The number of rotatable bonds is 5. The molecule has 1 heterocycles. The zero-order valence-corrected chi connectivity index (χ0v) is 11.4. The first kappa shape index (κ1) is 13.8. The molecule has 0 aromatic carbocycles. The first-order valence-corrected chi connectivity index (χ1v) is 7.38. The second-order valence-electron chi connectivity index (χ2n) is 5.85. The second-order valence-corrected chi connectivity index (χ2v) is 5.85. The zero-order chi connectivity index (χ0) is 13.0. The Balaban J connectivity index is 1.94. The van der Waals surface area contributed by atoms with E-state index < -0.39 is 5.97 Å². The van der Waals surface area contributed by atoms with Crippen molar-refractivity contribution < 1.29 is 9.90 Å². The van der Waals surface area contributed by atoms with Gasteiger partial charge in [0.1, 0.15) is 0 Å². The van der Waals surface area contributed by atoms with Gasteiger partial charge in [0.2, 0.25) is 0 Å². The quantitative estimate of drug-likeness (QED) is 0.784. The minimum atomic E-state index is -0.650. The Kier molecular flexibility index (Phi) is 5.01. The lowest BCUT2D eigenvalue weighted by Gasteiger charge is -2.41. The molecule has 1 saturated carbocycles. The van der Waals surface area contributed by atoms with E-state index in [-0.39, 0.29) is 0 Å². The molecule has 0 bridgehead atoms. The van der Waals surface area contributed by atoms with E-state index in [2.05, 4.69) is 17.1 Å². The van der Waals surface area contributed by atoms with Crippen molar-refractivity contribution in [3.05, 3.63) is 0 Å². The molecular weight excluding hydrogens is 228 g/mol. The molecule has 0 aromatic rings. The molecule has 0 radical (unpaired) electrons. The second kappa shape index (κ2) is 6.53. The lowest BCUT2D eigenvalue weighted by Crippen LogP contribution is -2.52. The number of nitrogens with one attached hydrogen (secondary N) is 1. The Labute approximate surface area is 110 Å². The number of nitrogens with zero attached hydrogens (tertiary/aromatic N) is 1. The van der Waals surface area contributed by atoms with E-state index >= 15 is 0 Å². The fraction of sp³-hybridized carbons (Fsp3) is 0.929. The van der Waals surface area contributed by atoms with E-state index in [0.717, 1.165) is 26.1 Å². The van der Waals surface area contributed by atoms with Gasteiger partial charge >= 0.3 is 5.97 Å². The van der Waals surface area contributed by atoms with E-state index in [4.69, 9.17) is 5.11 Å². The van der Waals surface area contributed by atoms with E-state index in [1.807, 2.05) is 0 Å². The van der Waals surface area contributed by atoms with Crippen LogP contribution in [0.5, 0.6) is 0 Å². The van der Waals surface area contributed by atoms with Crippen LogP contribution in [0.1, 0.15) is 45.4 Å². The van der Waals surface area contributed by atoms with Gasteiger partial charge < -0.3 is 10.4 Å². The fourth-order valence-electron chi connectivity index (χ4n) is 3.64. The Bertz CT molecular complexity index is 277. The highest BCUT2D eigenvalue weighted by atomic mass is 16.4. The molecule has 1 aliphatic carbocycles. The third kappa shape index (κ3) is 3.69. The normalized spacial score (nSPS) is 30.7. The molecule has 4 nitrogen and oxygen atoms in total. The minimum Gasteiger partial charge on any atom is -0.481 e. The topological polar surface area (TPSA) is 52.6 Å². The number of carboxylic acids is 1. The molecule has 2 fully saturated rings. The summed E-state index contributed by atoms with van der Waals surface area (Å²) in [5.74, 6) is -0.329. The molecule has 4 heteroatoms. The zero-order valence-electron chi connectivity index (χ0n) is 11.4. The first-order chi connectivity index (χ1) is 8.69. The number of hydrogen-bond donors (Lipinski definition) is 2. The monoisotopic (exact) mass is 254 g/mol. The van der Waals surface area contributed by atoms with Crippen LogP contribution in [0.15, 0.2) is 0 Å². The molecule has 1 saturated heterocycles. The van der Waals surface area contributed by atoms with Crippen molar-refractivity contribution in [1.29, 1.82) is 0 Å². The van der Waals surface area contributed by atoms with Gasteiger partial charge in [-0.05, 0) is 31.7 Å². The van der Waals surface area contributed by atoms with Gasteiger partial charge in [-0.1, -0.05) is 19.8 Å². The Hall–Kier alpha value is -0.610. The highest BCUT2D eigenvalue weighted by Crippen LogP contribution is 2.29. The molecular formula is C14H26N2O2. The largest absolute Gasteiger partial charge is 0.481 e. The summed E-state index contributed by atoms with van der Waals surface area (Å²) in [4.78, 5) is 13.5. The summed E-state index contributed by atoms with van der Waals surface area (Å²) in [6.07, 6.45) is 6.64. The van der Waals surface area contributed by atoms with Crippen molar-refractivity contribution in [3.63, 3.8) is 0 Å². The average molecular weight is 254 g/mol. The van der Waals surface area contributed by atoms with E-state index in [1.165, 1.54) is 25.7 Å². The Morgan fingerprint density at radius 2 is 2.06 bits per heavy atom. The number of likely N-dealkylation sites (N-methyl/N-ethyl adjacent to an activating group) is 1. The van der Waals surface area contributed by atoms with Crippen molar-refractivity contribution in [2.75, 3.05) is 19.6 Å². The highest BCUT2D eigenvalue weighted by Gasteiger charge is 2.32. The van der Waals surface area contributed by atoms with Gasteiger partial charge in [0.25, 0.3) is 0 Å². The number of hydrogen-bond acceptors (Lipinski definition) is 3. The summed E-state index contributed by atoms with van der Waals surface area (Å²) in [6.45, 7) is 5.19. The maximum Gasteiger partial charge on any atom is 0.303 e. The van der Waals surface area contributed by atoms with Crippen molar-refractivity contribution >= 4 is 5.97 Å². The number of likely N-dealkylation sites (tertiary alicyclic amines) is 1. The molecule has 104 valence electrons. The molecule has 2 aliphatic rings. The van der Waals surface area contributed by atoms with Crippen LogP contribution in [-0.4, -0.2) is 47.7 Å². The first-order valence-electron chi connectivity index (χ1n) is 7.38. The standard InChI is InChI=1S/C14H26N2O2/c1-2-15-12-7-11(8-14(17)18)9-16(10-12)13-5-3-4-6-13/h11-13,15H,2-10H2,1H3,(H,17,18). The molecule has 1 aliphatic heterocycles. The maximum atomic E-state index is 10.9. The molecule has 0 spiro atoms. The van der Waals surface area contributed by atoms with Crippen molar-refractivity contribution in [1.82, 2.24) is 10.2 Å².